The lowest BCUT2D eigenvalue weighted by atomic mass is 10.1. The van der Waals surface area contributed by atoms with E-state index in [4.69, 9.17) is 0 Å². The predicted molar refractivity (Wildman–Crippen MR) is 110 cm³/mol. The van der Waals surface area contributed by atoms with Crippen molar-refractivity contribution in [1.82, 2.24) is 20.3 Å². The van der Waals surface area contributed by atoms with Gasteiger partial charge in [0.25, 0.3) is 5.91 Å². The van der Waals surface area contributed by atoms with Crippen molar-refractivity contribution in [3.63, 3.8) is 0 Å². The number of benzene rings is 2. The minimum Gasteiger partial charge on any atom is -0.371 e. The van der Waals surface area contributed by atoms with Crippen molar-refractivity contribution >= 4 is 11.6 Å². The van der Waals surface area contributed by atoms with Crippen LogP contribution >= 0.6 is 0 Å². The fourth-order valence-electron chi connectivity index (χ4n) is 3.66. The Labute approximate surface area is 165 Å². The van der Waals surface area contributed by atoms with Crippen LogP contribution in [-0.4, -0.2) is 40.5 Å². The molecule has 1 aliphatic rings. The number of carbonyl (C=O) groups excluding carboxylic acids is 1. The molecule has 0 saturated carbocycles. The molecule has 1 aromatic heterocycles. The SMILES string of the molecule is Cc1ccc(-n2nnc(C(=O)NCC3CCN(c4ccccc4)C3)c2C)cc1. The maximum atomic E-state index is 12.6. The van der Waals surface area contributed by atoms with Gasteiger partial charge in [0, 0.05) is 25.3 Å². The number of nitrogens with one attached hydrogen (secondary N) is 1. The van der Waals surface area contributed by atoms with E-state index in [1.165, 1.54) is 11.3 Å². The van der Waals surface area contributed by atoms with Crippen LogP contribution in [0.4, 0.5) is 5.69 Å². The number of para-hydroxylation sites is 1. The Morgan fingerprint density at radius 3 is 2.57 bits per heavy atom. The third-order valence-electron chi connectivity index (χ3n) is 5.35. The van der Waals surface area contributed by atoms with E-state index in [9.17, 15) is 4.79 Å². The molecule has 144 valence electrons. The van der Waals surface area contributed by atoms with Gasteiger partial charge < -0.3 is 10.2 Å². The van der Waals surface area contributed by atoms with Crippen molar-refractivity contribution in [3.05, 3.63) is 71.5 Å². The normalized spacial score (nSPS) is 16.4. The minimum absolute atomic E-state index is 0.158. The molecule has 0 spiro atoms. The van der Waals surface area contributed by atoms with Gasteiger partial charge in [-0.1, -0.05) is 41.1 Å². The zero-order valence-corrected chi connectivity index (χ0v) is 16.3. The number of aryl methyl sites for hydroxylation is 1. The van der Waals surface area contributed by atoms with Crippen molar-refractivity contribution in [2.45, 2.75) is 20.3 Å². The van der Waals surface area contributed by atoms with Crippen LogP contribution in [0.15, 0.2) is 54.6 Å². The molecule has 2 heterocycles. The first-order valence-corrected chi connectivity index (χ1v) is 9.69. The summed E-state index contributed by atoms with van der Waals surface area (Å²) in [5, 5.41) is 11.3. The second-order valence-corrected chi connectivity index (χ2v) is 7.42. The summed E-state index contributed by atoms with van der Waals surface area (Å²) in [5.74, 6) is 0.283. The quantitative estimate of drug-likeness (QED) is 0.744. The summed E-state index contributed by atoms with van der Waals surface area (Å²) in [5.41, 5.74) is 4.47. The average molecular weight is 375 g/mol. The van der Waals surface area contributed by atoms with E-state index in [0.29, 0.717) is 18.2 Å². The Morgan fingerprint density at radius 1 is 1.07 bits per heavy atom. The average Bonchev–Trinajstić information content (AvgIpc) is 3.34. The molecule has 1 amide bonds. The summed E-state index contributed by atoms with van der Waals surface area (Å²) in [6.45, 7) is 6.55. The van der Waals surface area contributed by atoms with Crippen molar-refractivity contribution < 1.29 is 4.79 Å². The molecule has 1 N–H and O–H groups in total. The molecule has 1 aliphatic heterocycles. The number of amides is 1. The summed E-state index contributed by atoms with van der Waals surface area (Å²) < 4.78 is 1.71. The van der Waals surface area contributed by atoms with Gasteiger partial charge in [-0.3, -0.25) is 4.79 Å². The third kappa shape index (κ3) is 3.76. The van der Waals surface area contributed by atoms with E-state index < -0.39 is 0 Å². The van der Waals surface area contributed by atoms with Crippen LogP contribution in [-0.2, 0) is 0 Å². The topological polar surface area (TPSA) is 63.1 Å². The Balaban J connectivity index is 1.36. The molecule has 1 unspecified atom stereocenters. The van der Waals surface area contributed by atoms with Gasteiger partial charge in [-0.25, -0.2) is 4.68 Å². The van der Waals surface area contributed by atoms with Crippen molar-refractivity contribution in [2.75, 3.05) is 24.5 Å². The molecular weight excluding hydrogens is 350 g/mol. The van der Waals surface area contributed by atoms with Crippen molar-refractivity contribution in [1.29, 1.82) is 0 Å². The van der Waals surface area contributed by atoms with Crippen molar-refractivity contribution in [3.8, 4) is 5.69 Å². The lowest BCUT2D eigenvalue weighted by molar-refractivity contribution is 0.0942. The summed E-state index contributed by atoms with van der Waals surface area (Å²) in [6, 6.07) is 18.4. The van der Waals surface area contributed by atoms with Crippen LogP contribution in [0.2, 0.25) is 0 Å². The van der Waals surface area contributed by atoms with Gasteiger partial charge in [0.15, 0.2) is 5.69 Å². The van der Waals surface area contributed by atoms with E-state index in [0.717, 1.165) is 30.9 Å². The zero-order chi connectivity index (χ0) is 19.5. The number of hydrogen-bond donors (Lipinski definition) is 1. The van der Waals surface area contributed by atoms with Gasteiger partial charge >= 0.3 is 0 Å². The van der Waals surface area contributed by atoms with E-state index >= 15 is 0 Å². The van der Waals surface area contributed by atoms with Crippen LogP contribution < -0.4 is 10.2 Å². The van der Waals surface area contributed by atoms with Crippen LogP contribution in [0, 0.1) is 19.8 Å². The van der Waals surface area contributed by atoms with Gasteiger partial charge in [0.2, 0.25) is 0 Å². The van der Waals surface area contributed by atoms with Crippen molar-refractivity contribution in [2.24, 2.45) is 5.92 Å². The Morgan fingerprint density at radius 2 is 1.82 bits per heavy atom. The molecule has 3 aromatic rings. The summed E-state index contributed by atoms with van der Waals surface area (Å²) in [7, 11) is 0. The molecule has 2 aromatic carbocycles. The fraction of sp³-hybridized carbons (Fsp3) is 0.318. The van der Waals surface area contributed by atoms with E-state index in [1.54, 1.807) is 4.68 Å². The Kier molecular flexibility index (Phi) is 5.10. The summed E-state index contributed by atoms with van der Waals surface area (Å²) in [4.78, 5) is 15.0. The lowest BCUT2D eigenvalue weighted by Gasteiger charge is -2.18. The molecule has 1 saturated heterocycles. The lowest BCUT2D eigenvalue weighted by Crippen LogP contribution is -2.31. The Bertz CT molecular complexity index is 949. The molecule has 0 aliphatic carbocycles. The molecule has 1 atom stereocenters. The highest BCUT2D eigenvalue weighted by atomic mass is 16.2. The Hall–Kier alpha value is -3.15. The third-order valence-corrected chi connectivity index (χ3v) is 5.35. The number of nitrogens with zero attached hydrogens (tertiary/aromatic N) is 4. The van der Waals surface area contributed by atoms with Gasteiger partial charge in [-0.05, 0) is 50.5 Å². The maximum Gasteiger partial charge on any atom is 0.273 e. The molecule has 4 rings (SSSR count). The molecule has 1 fully saturated rings. The standard InChI is InChI=1S/C22H25N5O/c1-16-8-10-20(11-9-16)27-17(2)21(24-25-27)22(28)23-14-18-12-13-26(15-18)19-6-4-3-5-7-19/h3-11,18H,12-15H2,1-2H3,(H,23,28). The first kappa shape index (κ1) is 18.2. The van der Waals surface area contributed by atoms with Gasteiger partial charge in [0.05, 0.1) is 11.4 Å². The first-order valence-electron chi connectivity index (χ1n) is 9.69. The van der Waals surface area contributed by atoms with Crippen LogP contribution in [0.3, 0.4) is 0 Å². The van der Waals surface area contributed by atoms with Crippen LogP contribution in [0.1, 0.15) is 28.2 Å². The van der Waals surface area contributed by atoms with Crippen LogP contribution in [0.5, 0.6) is 0 Å². The smallest absolute Gasteiger partial charge is 0.273 e. The van der Waals surface area contributed by atoms with E-state index in [-0.39, 0.29) is 5.91 Å². The molecular formula is C22H25N5O. The number of carbonyl (C=O) groups is 1. The van der Waals surface area contributed by atoms with Gasteiger partial charge in [-0.15, -0.1) is 5.10 Å². The number of rotatable bonds is 5. The number of hydrogen-bond acceptors (Lipinski definition) is 4. The van der Waals surface area contributed by atoms with Gasteiger partial charge in [0.1, 0.15) is 0 Å². The zero-order valence-electron chi connectivity index (χ0n) is 16.3. The summed E-state index contributed by atoms with van der Waals surface area (Å²) in [6.07, 6.45) is 1.07. The summed E-state index contributed by atoms with van der Waals surface area (Å²) >= 11 is 0. The molecule has 0 bridgehead atoms. The number of aromatic nitrogens is 3. The second-order valence-electron chi connectivity index (χ2n) is 7.42. The molecule has 0 radical (unpaired) electrons. The number of anilines is 1. The predicted octanol–water partition coefficient (Wildman–Crippen LogP) is 3.14. The van der Waals surface area contributed by atoms with Crippen LogP contribution in [0.25, 0.3) is 5.69 Å². The highest BCUT2D eigenvalue weighted by Crippen LogP contribution is 2.23. The molecule has 6 nitrogen and oxygen atoms in total. The molecule has 28 heavy (non-hydrogen) atoms. The first-order chi connectivity index (χ1) is 13.6. The van der Waals surface area contributed by atoms with E-state index in [1.807, 2.05) is 44.2 Å². The fourth-order valence-corrected chi connectivity index (χ4v) is 3.66. The largest absolute Gasteiger partial charge is 0.371 e. The molecule has 6 heteroatoms. The maximum absolute atomic E-state index is 12.6. The highest BCUT2D eigenvalue weighted by Gasteiger charge is 2.24. The minimum atomic E-state index is -0.158. The monoisotopic (exact) mass is 375 g/mol. The second kappa shape index (κ2) is 7.84. The highest BCUT2D eigenvalue weighted by molar-refractivity contribution is 5.93. The van der Waals surface area contributed by atoms with E-state index in [2.05, 4.69) is 44.8 Å². The van der Waals surface area contributed by atoms with Gasteiger partial charge in [-0.2, -0.15) is 0 Å².